The van der Waals surface area contributed by atoms with Gasteiger partial charge < -0.3 is 0 Å². The van der Waals surface area contributed by atoms with Gasteiger partial charge in [-0.1, -0.05) is 0 Å². The summed E-state index contributed by atoms with van der Waals surface area (Å²) in [5.41, 5.74) is 4.09. The molecule has 3 heterocycles. The average molecular weight is 431 g/mol. The van der Waals surface area contributed by atoms with E-state index in [0.29, 0.717) is 0 Å². The summed E-state index contributed by atoms with van der Waals surface area (Å²) in [5, 5.41) is 0. The van der Waals surface area contributed by atoms with E-state index in [-0.39, 0.29) is 17.7 Å². The van der Waals surface area contributed by atoms with Crippen LogP contribution in [0.3, 0.4) is 0 Å². The molecular formula is C23H19AsFN3. The van der Waals surface area contributed by atoms with Crippen LogP contribution in [0.25, 0.3) is 0 Å². The van der Waals surface area contributed by atoms with Gasteiger partial charge in [-0.25, -0.2) is 0 Å². The molecule has 3 aromatic heterocycles. The van der Waals surface area contributed by atoms with Gasteiger partial charge in [0.2, 0.25) is 0 Å². The van der Waals surface area contributed by atoms with Crippen molar-refractivity contribution >= 4 is 21.3 Å². The number of halogens is 1. The van der Waals surface area contributed by atoms with Crippen LogP contribution >= 0.6 is 0 Å². The van der Waals surface area contributed by atoms with Crippen molar-refractivity contribution in [1.29, 1.82) is 0 Å². The summed E-state index contributed by atoms with van der Waals surface area (Å²) >= 11 is 1.48. The number of rotatable bonds is 5. The van der Waals surface area contributed by atoms with Crippen LogP contribution < -0.4 is 4.48 Å². The van der Waals surface area contributed by atoms with Gasteiger partial charge in [0.25, 0.3) is 0 Å². The maximum absolute atomic E-state index is 13.6. The first kappa shape index (κ1) is 18.5. The summed E-state index contributed by atoms with van der Waals surface area (Å²) in [6.07, 6.45) is 7.30. The van der Waals surface area contributed by atoms with Crippen LogP contribution in [0.15, 0.2) is 91.5 Å². The van der Waals surface area contributed by atoms with Crippen LogP contribution in [-0.2, 0) is 0 Å². The quantitative estimate of drug-likeness (QED) is 0.456. The second kappa shape index (κ2) is 8.45. The van der Waals surface area contributed by atoms with E-state index >= 15 is 0 Å². The Bertz CT molecular complexity index is 1000. The summed E-state index contributed by atoms with van der Waals surface area (Å²) in [7, 11) is 0. The van der Waals surface area contributed by atoms with Crippen LogP contribution in [0.2, 0.25) is 0 Å². The Labute approximate surface area is 172 Å². The molecule has 28 heavy (non-hydrogen) atoms. The molecule has 0 saturated heterocycles. The SMILES string of the molecule is Fc1ccc(C(c2cccc([AsH2])n2)C(c2cccnc2)c2cccnc2)cc1. The van der Waals surface area contributed by atoms with E-state index in [0.717, 1.165) is 26.9 Å². The molecule has 0 amide bonds. The van der Waals surface area contributed by atoms with E-state index in [9.17, 15) is 4.39 Å². The number of pyridine rings is 3. The summed E-state index contributed by atoms with van der Waals surface area (Å²) in [6.45, 7) is 0. The van der Waals surface area contributed by atoms with Gasteiger partial charge in [-0.3, -0.25) is 0 Å². The molecule has 0 aliphatic heterocycles. The number of nitrogens with zero attached hydrogens (tertiary/aromatic N) is 3. The zero-order chi connectivity index (χ0) is 19.3. The van der Waals surface area contributed by atoms with Crippen LogP contribution in [0.5, 0.6) is 0 Å². The minimum absolute atomic E-state index is 0.0466. The van der Waals surface area contributed by atoms with Gasteiger partial charge in [-0.15, -0.1) is 0 Å². The molecule has 0 aliphatic rings. The zero-order valence-corrected chi connectivity index (χ0v) is 17.5. The summed E-state index contributed by atoms with van der Waals surface area (Å²) in [4.78, 5) is 13.5. The zero-order valence-electron chi connectivity index (χ0n) is 15.1. The van der Waals surface area contributed by atoms with E-state index in [1.165, 1.54) is 29.0 Å². The van der Waals surface area contributed by atoms with Crippen LogP contribution in [0.4, 0.5) is 4.39 Å². The number of hydrogen-bond donors (Lipinski definition) is 0. The monoisotopic (exact) mass is 431 g/mol. The van der Waals surface area contributed by atoms with E-state index in [2.05, 4.69) is 22.1 Å². The number of hydrogen-bond acceptors (Lipinski definition) is 3. The predicted octanol–water partition coefficient (Wildman–Crippen LogP) is 3.23. The predicted molar refractivity (Wildman–Crippen MR) is 111 cm³/mol. The summed E-state index contributed by atoms with van der Waals surface area (Å²) in [5.74, 6) is -0.387. The molecule has 0 N–H and O–H groups in total. The fraction of sp³-hybridized carbons (Fsp3) is 0.0870. The Balaban J connectivity index is 1.94. The third-order valence-corrected chi connectivity index (χ3v) is 5.43. The molecule has 0 radical (unpaired) electrons. The van der Waals surface area contributed by atoms with Crippen molar-refractivity contribution in [3.05, 3.63) is 120 Å². The second-order valence-electron chi connectivity index (χ2n) is 6.57. The molecule has 4 rings (SSSR count). The Hall–Kier alpha value is -2.84. The molecule has 1 aromatic carbocycles. The molecule has 0 spiro atoms. The molecule has 3 nitrogen and oxygen atoms in total. The van der Waals surface area contributed by atoms with Gasteiger partial charge in [0, 0.05) is 0 Å². The Morgan fingerprint density at radius 2 is 1.32 bits per heavy atom. The molecule has 0 aliphatic carbocycles. The number of aromatic nitrogens is 3. The standard InChI is InChI=1S/C23H19AsFN3/c24-21-7-1-6-20(28-21)23(16-8-10-19(25)11-9-16)22(17-4-2-12-26-14-17)18-5-3-13-27-15-18/h1-15,22-23H,24H2. The molecule has 0 bridgehead atoms. The molecule has 0 saturated carbocycles. The van der Waals surface area contributed by atoms with Gasteiger partial charge in [0.15, 0.2) is 0 Å². The van der Waals surface area contributed by atoms with Gasteiger partial charge in [-0.2, -0.15) is 0 Å². The molecule has 2 unspecified atom stereocenters. The average Bonchev–Trinajstić information content (AvgIpc) is 2.74. The van der Waals surface area contributed by atoms with Crippen molar-refractivity contribution in [2.24, 2.45) is 0 Å². The molecule has 5 heteroatoms. The Morgan fingerprint density at radius 1 is 0.679 bits per heavy atom. The maximum atomic E-state index is 13.6. The first-order valence-corrected chi connectivity index (χ1v) is 10.2. The van der Waals surface area contributed by atoms with Crippen molar-refractivity contribution in [1.82, 2.24) is 15.0 Å². The topological polar surface area (TPSA) is 38.7 Å². The Kier molecular flexibility index (Phi) is 5.59. The van der Waals surface area contributed by atoms with Gasteiger partial charge in [0.1, 0.15) is 0 Å². The van der Waals surface area contributed by atoms with E-state index in [1.54, 1.807) is 12.4 Å². The van der Waals surface area contributed by atoms with Crippen molar-refractivity contribution in [3.63, 3.8) is 0 Å². The second-order valence-corrected chi connectivity index (χ2v) is 7.81. The fourth-order valence-electron chi connectivity index (χ4n) is 3.54. The fourth-order valence-corrected chi connectivity index (χ4v) is 4.09. The third kappa shape index (κ3) is 4.02. The van der Waals surface area contributed by atoms with Crippen LogP contribution in [-0.4, -0.2) is 31.8 Å². The summed E-state index contributed by atoms with van der Waals surface area (Å²) < 4.78 is 14.6. The van der Waals surface area contributed by atoms with Gasteiger partial charge in [0.05, 0.1) is 0 Å². The molecular weight excluding hydrogens is 412 g/mol. The molecule has 138 valence electrons. The third-order valence-electron chi connectivity index (χ3n) is 4.76. The molecule has 4 aromatic rings. The van der Waals surface area contributed by atoms with Gasteiger partial charge in [-0.05, 0) is 0 Å². The van der Waals surface area contributed by atoms with E-state index in [4.69, 9.17) is 4.98 Å². The van der Waals surface area contributed by atoms with E-state index < -0.39 is 0 Å². The minimum atomic E-state index is -0.248. The van der Waals surface area contributed by atoms with Crippen molar-refractivity contribution in [3.8, 4) is 0 Å². The van der Waals surface area contributed by atoms with Crippen molar-refractivity contribution < 1.29 is 4.39 Å². The van der Waals surface area contributed by atoms with Gasteiger partial charge >= 0.3 is 172 Å². The number of benzene rings is 1. The molecule has 2 atom stereocenters. The normalized spacial score (nSPS) is 12.1. The summed E-state index contributed by atoms with van der Waals surface area (Å²) in [6, 6.07) is 20.8. The Morgan fingerprint density at radius 3 is 1.86 bits per heavy atom. The van der Waals surface area contributed by atoms with Crippen molar-refractivity contribution in [2.75, 3.05) is 0 Å². The first-order chi connectivity index (χ1) is 13.7. The van der Waals surface area contributed by atoms with Crippen LogP contribution in [0, 0.1) is 5.82 Å². The molecule has 0 fully saturated rings. The van der Waals surface area contributed by atoms with Crippen LogP contribution in [0.1, 0.15) is 34.2 Å². The van der Waals surface area contributed by atoms with Crippen molar-refractivity contribution in [2.45, 2.75) is 11.8 Å². The first-order valence-electron chi connectivity index (χ1n) is 9.00. The van der Waals surface area contributed by atoms with E-state index in [1.807, 2.05) is 54.9 Å².